The van der Waals surface area contributed by atoms with Crippen LogP contribution < -0.4 is 0 Å². The van der Waals surface area contributed by atoms with Crippen molar-refractivity contribution in [3.63, 3.8) is 0 Å². The lowest BCUT2D eigenvalue weighted by atomic mass is 10.1. The van der Waals surface area contributed by atoms with Gasteiger partial charge in [0.15, 0.2) is 0 Å². The summed E-state index contributed by atoms with van der Waals surface area (Å²) < 4.78 is 39.4. The van der Waals surface area contributed by atoms with Gasteiger partial charge in [-0.2, -0.15) is 13.2 Å². The molecule has 0 spiro atoms. The van der Waals surface area contributed by atoms with Crippen molar-refractivity contribution in [2.24, 2.45) is 0 Å². The van der Waals surface area contributed by atoms with Crippen LogP contribution in [0.3, 0.4) is 0 Å². The van der Waals surface area contributed by atoms with Gasteiger partial charge in [0.05, 0.1) is 27.9 Å². The van der Waals surface area contributed by atoms with Crippen molar-refractivity contribution in [2.45, 2.75) is 37.1 Å². The highest BCUT2D eigenvalue weighted by Gasteiger charge is 2.30. The molecule has 166 valence electrons. The lowest BCUT2D eigenvalue weighted by Crippen LogP contribution is -2.03. The number of carbonyl (C=O) groups is 1. The number of hydrogen-bond acceptors (Lipinski definition) is 6. The lowest BCUT2D eigenvalue weighted by molar-refractivity contribution is -0.138. The average molecular weight is 495 g/mol. The minimum atomic E-state index is -4.36. The normalized spacial score (nSPS) is 11.9. The largest absolute Gasteiger partial charge is 0.481 e. The number of aliphatic carboxylic acids is 1. The number of nitrogens with zero attached hydrogens (tertiary/aromatic N) is 2. The van der Waals surface area contributed by atoms with Crippen LogP contribution in [0, 0.1) is 13.8 Å². The maximum absolute atomic E-state index is 12.8. The summed E-state index contributed by atoms with van der Waals surface area (Å²) in [5.74, 6) is -0.234. The first kappa shape index (κ1) is 22.8. The summed E-state index contributed by atoms with van der Waals surface area (Å²) in [5.41, 5.74) is 2.68. The molecule has 1 N–H and O–H groups in total. The second kappa shape index (κ2) is 8.84. The first-order chi connectivity index (χ1) is 15.1. The molecule has 4 aromatic rings. The van der Waals surface area contributed by atoms with Gasteiger partial charge in [-0.3, -0.25) is 4.79 Å². The molecule has 4 nitrogen and oxygen atoms in total. The van der Waals surface area contributed by atoms with Crippen LogP contribution in [0.15, 0.2) is 41.3 Å². The molecule has 2 aromatic carbocycles. The zero-order chi connectivity index (χ0) is 23.0. The van der Waals surface area contributed by atoms with Gasteiger partial charge in [-0.05, 0) is 43.7 Å². The van der Waals surface area contributed by atoms with Gasteiger partial charge in [0, 0.05) is 21.1 Å². The number of halogens is 3. The van der Waals surface area contributed by atoms with E-state index in [0.717, 1.165) is 43.4 Å². The van der Waals surface area contributed by atoms with Gasteiger partial charge in [0.1, 0.15) is 10.0 Å². The second-order valence-corrected chi connectivity index (χ2v) is 10.4. The lowest BCUT2D eigenvalue weighted by Gasteiger charge is -2.06. The van der Waals surface area contributed by atoms with Crippen LogP contribution in [0.25, 0.3) is 20.8 Å². The van der Waals surface area contributed by atoms with E-state index >= 15 is 0 Å². The summed E-state index contributed by atoms with van der Waals surface area (Å²) in [6.07, 6.45) is -4.45. The van der Waals surface area contributed by atoms with Crippen molar-refractivity contribution < 1.29 is 23.1 Å². The molecule has 0 atom stereocenters. The van der Waals surface area contributed by atoms with E-state index in [-0.39, 0.29) is 6.42 Å². The number of rotatable bonds is 6. The Bertz CT molecular complexity index is 1290. The van der Waals surface area contributed by atoms with Crippen LogP contribution in [0.1, 0.15) is 26.7 Å². The fourth-order valence-electron chi connectivity index (χ4n) is 3.14. The van der Waals surface area contributed by atoms with Crippen molar-refractivity contribution in [3.8, 4) is 10.6 Å². The van der Waals surface area contributed by atoms with E-state index < -0.39 is 17.7 Å². The number of thioether (sulfide) groups is 1. The molecule has 0 unspecified atom stereocenters. The average Bonchev–Trinajstić information content (AvgIpc) is 3.28. The molecule has 10 heteroatoms. The van der Waals surface area contributed by atoms with Gasteiger partial charge >= 0.3 is 12.1 Å². The molecule has 0 aliphatic carbocycles. The van der Waals surface area contributed by atoms with Crippen molar-refractivity contribution in [1.29, 1.82) is 0 Å². The zero-order valence-corrected chi connectivity index (χ0v) is 19.4. The molecule has 4 rings (SSSR count). The number of benzene rings is 2. The molecular formula is C22H17F3N2O2S3. The second-order valence-electron chi connectivity index (χ2n) is 7.16. The number of carboxylic acids is 1. The molecule has 0 radical (unpaired) electrons. The fourth-order valence-corrected chi connectivity index (χ4v) is 6.38. The summed E-state index contributed by atoms with van der Waals surface area (Å²) in [7, 11) is 0. The third-order valence-electron chi connectivity index (χ3n) is 4.72. The van der Waals surface area contributed by atoms with Crippen LogP contribution in [0.2, 0.25) is 0 Å². The molecule has 0 saturated heterocycles. The van der Waals surface area contributed by atoms with Gasteiger partial charge < -0.3 is 5.11 Å². The number of aryl methyl sites for hydroxylation is 2. The first-order valence-electron chi connectivity index (χ1n) is 9.49. The Labute approximate surface area is 194 Å². The number of aromatic nitrogens is 2. The monoisotopic (exact) mass is 494 g/mol. The summed E-state index contributed by atoms with van der Waals surface area (Å²) in [6, 6.07) is 9.07. The quantitative estimate of drug-likeness (QED) is 0.293. The Kier molecular flexibility index (Phi) is 6.28. The summed E-state index contributed by atoms with van der Waals surface area (Å²) >= 11 is 4.50. The van der Waals surface area contributed by atoms with E-state index in [0.29, 0.717) is 21.3 Å². The van der Waals surface area contributed by atoms with E-state index in [4.69, 9.17) is 5.11 Å². The van der Waals surface area contributed by atoms with Gasteiger partial charge in [0.25, 0.3) is 0 Å². The zero-order valence-electron chi connectivity index (χ0n) is 17.0. The number of thiazole rings is 2. The summed E-state index contributed by atoms with van der Waals surface area (Å²) in [4.78, 5) is 22.0. The van der Waals surface area contributed by atoms with Crippen LogP contribution in [0.5, 0.6) is 0 Å². The topological polar surface area (TPSA) is 63.1 Å². The molecule has 2 aromatic heterocycles. The Balaban J connectivity index is 1.51. The minimum absolute atomic E-state index is 0.0892. The third-order valence-corrected chi connectivity index (χ3v) is 8.32. The molecule has 0 amide bonds. The number of fused-ring (bicyclic) bond motifs is 1. The van der Waals surface area contributed by atoms with Crippen molar-refractivity contribution in [3.05, 3.63) is 63.1 Å². The van der Waals surface area contributed by atoms with Crippen LogP contribution in [0.4, 0.5) is 13.2 Å². The Morgan fingerprint density at radius 2 is 1.81 bits per heavy atom. The Morgan fingerprint density at radius 3 is 2.47 bits per heavy atom. The molecule has 0 aliphatic heterocycles. The standard InChI is InChI=1S/C22H17F3N2O2S3/c1-11-7-15(8-16-20(11)32-18(27-16)9-19(28)29)30-10-17-12(2)26-21(31-17)13-3-5-14(6-4-13)22(23,24)25/h3-8H,9-10H2,1-2H3,(H,28,29). The Morgan fingerprint density at radius 1 is 1.09 bits per heavy atom. The van der Waals surface area contributed by atoms with Crippen molar-refractivity contribution >= 4 is 50.6 Å². The third kappa shape index (κ3) is 4.97. The summed E-state index contributed by atoms with van der Waals surface area (Å²) in [6.45, 7) is 3.88. The highest BCUT2D eigenvalue weighted by atomic mass is 32.2. The predicted molar refractivity (Wildman–Crippen MR) is 123 cm³/mol. The van der Waals surface area contributed by atoms with Crippen molar-refractivity contribution in [2.75, 3.05) is 0 Å². The predicted octanol–water partition coefficient (Wildman–Crippen LogP) is 6.97. The van der Waals surface area contributed by atoms with Crippen LogP contribution in [-0.4, -0.2) is 21.0 Å². The maximum Gasteiger partial charge on any atom is 0.416 e. The molecular weight excluding hydrogens is 477 g/mol. The first-order valence-corrected chi connectivity index (χ1v) is 12.1. The number of carboxylic acid groups (broad SMARTS) is 1. The van der Waals surface area contributed by atoms with Gasteiger partial charge in [-0.15, -0.1) is 34.4 Å². The highest BCUT2D eigenvalue weighted by molar-refractivity contribution is 7.98. The molecule has 0 saturated carbocycles. The molecule has 32 heavy (non-hydrogen) atoms. The van der Waals surface area contributed by atoms with Gasteiger partial charge in [-0.25, -0.2) is 9.97 Å². The van der Waals surface area contributed by atoms with E-state index in [2.05, 4.69) is 16.0 Å². The van der Waals surface area contributed by atoms with E-state index in [1.165, 1.54) is 34.8 Å². The van der Waals surface area contributed by atoms with Crippen LogP contribution >= 0.6 is 34.4 Å². The van der Waals surface area contributed by atoms with Gasteiger partial charge in [0.2, 0.25) is 0 Å². The molecule has 0 fully saturated rings. The van der Waals surface area contributed by atoms with Gasteiger partial charge in [-0.1, -0.05) is 12.1 Å². The maximum atomic E-state index is 12.8. The molecule has 0 aliphatic rings. The molecule has 0 bridgehead atoms. The molecule has 2 heterocycles. The fraction of sp³-hybridized carbons (Fsp3) is 0.227. The summed E-state index contributed by atoms with van der Waals surface area (Å²) in [5, 5.41) is 10.3. The van der Waals surface area contributed by atoms with E-state index in [1.54, 1.807) is 11.8 Å². The minimum Gasteiger partial charge on any atom is -0.481 e. The number of alkyl halides is 3. The highest BCUT2D eigenvalue weighted by Crippen LogP contribution is 2.36. The van der Waals surface area contributed by atoms with E-state index in [1.807, 2.05) is 19.9 Å². The van der Waals surface area contributed by atoms with Crippen LogP contribution in [-0.2, 0) is 23.1 Å². The van der Waals surface area contributed by atoms with E-state index in [9.17, 15) is 18.0 Å². The smallest absolute Gasteiger partial charge is 0.416 e. The number of hydrogen-bond donors (Lipinski definition) is 1. The van der Waals surface area contributed by atoms with Crippen molar-refractivity contribution in [1.82, 2.24) is 9.97 Å². The SMILES string of the molecule is Cc1nc(-c2ccc(C(F)(F)F)cc2)sc1CSc1cc(C)c2sc(CC(=O)O)nc2c1. The Hall–Kier alpha value is -2.43.